The molecule has 1 heterocycles. The first-order valence-corrected chi connectivity index (χ1v) is 26.3. The first-order valence-electron chi connectivity index (χ1n) is 26.3. The average molecular weight is 1100 g/mol. The lowest BCUT2D eigenvalue weighted by Gasteiger charge is -2.33. The Kier molecular flexibility index (Phi) is 27.4. The van der Waals surface area contributed by atoms with Gasteiger partial charge in [-0.3, -0.25) is 57.9 Å². The maximum absolute atomic E-state index is 14.7. The molecule has 1 saturated heterocycles. The summed E-state index contributed by atoms with van der Waals surface area (Å²) in [6.45, 7) is 1.84. The Morgan fingerprint density at radius 3 is 1.91 bits per heavy atom. The van der Waals surface area contributed by atoms with Crippen LogP contribution in [0, 0.1) is 0 Å². The van der Waals surface area contributed by atoms with Crippen LogP contribution in [-0.2, 0) is 56.0 Å². The molecule has 79 heavy (non-hydrogen) atoms. The maximum atomic E-state index is 14.7. The Bertz CT molecular complexity index is 2550. The zero-order valence-electron chi connectivity index (χ0n) is 44.6. The van der Waals surface area contributed by atoms with E-state index >= 15 is 0 Å². The van der Waals surface area contributed by atoms with Crippen LogP contribution in [0.2, 0.25) is 0 Å². The molecule has 3 aromatic carbocycles. The van der Waals surface area contributed by atoms with Gasteiger partial charge in [0, 0.05) is 71.7 Å². The van der Waals surface area contributed by atoms with Gasteiger partial charge in [-0.15, -0.1) is 0 Å². The monoisotopic (exact) mass is 1100 g/mol. The van der Waals surface area contributed by atoms with Crippen LogP contribution in [-0.4, -0.2) is 210 Å². The van der Waals surface area contributed by atoms with Gasteiger partial charge >= 0.3 is 17.9 Å². The first kappa shape index (κ1) is 63.6. The normalized spacial score (nSPS) is 17.5. The van der Waals surface area contributed by atoms with E-state index in [0.29, 0.717) is 37.8 Å². The number of nitrogens with two attached hydrogens (primary N) is 2. The highest BCUT2D eigenvalue weighted by Crippen LogP contribution is 2.19. The lowest BCUT2D eigenvalue weighted by Crippen LogP contribution is -2.58. The van der Waals surface area contributed by atoms with Crippen LogP contribution in [0.1, 0.15) is 56.6 Å². The van der Waals surface area contributed by atoms with Crippen molar-refractivity contribution >= 4 is 70.1 Å². The van der Waals surface area contributed by atoms with Crippen molar-refractivity contribution in [1.82, 2.24) is 51.9 Å². The van der Waals surface area contributed by atoms with Gasteiger partial charge in [-0.2, -0.15) is 0 Å². The molecule has 1 aliphatic rings. The molecule has 15 N–H and O–H groups in total. The van der Waals surface area contributed by atoms with Gasteiger partial charge in [-0.1, -0.05) is 67.4 Å². The van der Waals surface area contributed by atoms with E-state index < -0.39 is 78.2 Å². The molecule has 26 heteroatoms. The Morgan fingerprint density at radius 1 is 0.658 bits per heavy atom. The van der Waals surface area contributed by atoms with Gasteiger partial charge in [0.25, 0.3) is 0 Å². The highest BCUT2D eigenvalue weighted by molar-refractivity contribution is 5.97. The van der Waals surface area contributed by atoms with Crippen LogP contribution in [0.15, 0.2) is 71.7 Å². The lowest BCUT2D eigenvalue weighted by molar-refractivity contribution is -0.143. The fourth-order valence-corrected chi connectivity index (χ4v) is 8.72. The van der Waals surface area contributed by atoms with Crippen molar-refractivity contribution < 1.29 is 63.6 Å². The molecule has 0 radical (unpaired) electrons. The molecule has 26 nitrogen and oxygen atoms in total. The standard InChI is InChI=1S/C53H77N13O13/c1-35-49(76)62-41(11-8-19-59-53(54)55)51(78)63-42(29-37-12-15-38-9-4-5-10-39(38)27-37)50(77)60-31-45(69)61-43(28-36-13-16-40(67)17-14-36)52(79)66(35)22-7-3-2-6-18-58-44(68)30-56-20-23-64(33-47(72)73)25-26-65(34-48(74)75)24-21-57-32-46(70)71/h4-5,9-10,12-17,27,35,41-43,56-57,67H,2-3,6-8,11,18-26,28-34H2,1H3,(H,58,68)(H,60,77)(H,61,69)(H,62,76)(H,63,78)(H,70,71)(H,72,73)(H,74,75)(H4,54,55,59)/t35-,41+,42+,43-/m1/s1. The Hall–Kier alpha value is -7.94. The number of fused-ring (bicyclic) bond motifs is 1. The summed E-state index contributed by atoms with van der Waals surface area (Å²) < 4.78 is 0. The molecule has 3 aromatic rings. The molecule has 1 aliphatic heterocycles. The summed E-state index contributed by atoms with van der Waals surface area (Å²) in [7, 11) is 0. The SMILES string of the molecule is C[C@@H]1C(=O)N[C@@H](CCCN=C(N)N)C(=O)N[C@@H](Cc2ccc3ccccc3c2)C(=O)NCC(=O)N[C@H](Cc2ccc(O)cc2)C(=O)N1CCCCCCNC(=O)CNCCN(CCN(CCNCC(=O)O)CC(=O)O)CC(=O)O. The van der Waals surface area contributed by atoms with Crippen molar-refractivity contribution in [2.24, 2.45) is 16.5 Å². The number of rotatable bonds is 32. The molecule has 0 unspecified atom stereocenters. The molecule has 6 amide bonds. The Labute approximate surface area is 458 Å². The van der Waals surface area contributed by atoms with E-state index in [4.69, 9.17) is 16.6 Å². The number of phenols is 1. The second-order valence-electron chi connectivity index (χ2n) is 19.2. The number of phenolic OH excluding ortho intramolecular Hbond substituents is 1. The average Bonchev–Trinajstić information content (AvgIpc) is 3.46. The van der Waals surface area contributed by atoms with Crippen LogP contribution in [0.5, 0.6) is 5.75 Å². The second-order valence-corrected chi connectivity index (χ2v) is 19.2. The third-order valence-electron chi connectivity index (χ3n) is 12.9. The minimum atomic E-state index is -1.23. The molecular weight excluding hydrogens is 1030 g/mol. The molecule has 0 aromatic heterocycles. The molecule has 0 aliphatic carbocycles. The van der Waals surface area contributed by atoms with Crippen LogP contribution in [0.3, 0.4) is 0 Å². The van der Waals surface area contributed by atoms with Gasteiger partial charge in [-0.05, 0) is 66.6 Å². The fourth-order valence-electron chi connectivity index (χ4n) is 8.72. The highest BCUT2D eigenvalue weighted by Gasteiger charge is 2.35. The van der Waals surface area contributed by atoms with Crippen molar-refractivity contribution in [1.29, 1.82) is 0 Å². The molecule has 4 atom stereocenters. The largest absolute Gasteiger partial charge is 0.508 e. The number of hydrogen-bond donors (Lipinski definition) is 13. The summed E-state index contributed by atoms with van der Waals surface area (Å²) >= 11 is 0. The first-order chi connectivity index (χ1) is 37.8. The van der Waals surface area contributed by atoms with Gasteiger partial charge in [-0.25, -0.2) is 0 Å². The van der Waals surface area contributed by atoms with Gasteiger partial charge in [0.05, 0.1) is 32.7 Å². The van der Waals surface area contributed by atoms with E-state index in [2.05, 4.69) is 42.2 Å². The predicted molar refractivity (Wildman–Crippen MR) is 292 cm³/mol. The topological polar surface area (TPSA) is 393 Å². The quantitative estimate of drug-likeness (QED) is 0.0181. The number of nitrogens with one attached hydrogen (secondary N) is 7. The Morgan fingerprint density at radius 2 is 1.27 bits per heavy atom. The van der Waals surface area contributed by atoms with E-state index in [-0.39, 0.29) is 122 Å². The number of carboxylic acids is 3. The molecule has 4 rings (SSSR count). The predicted octanol–water partition coefficient (Wildman–Crippen LogP) is -2.10. The summed E-state index contributed by atoms with van der Waals surface area (Å²) in [5.74, 6) is -7.06. The highest BCUT2D eigenvalue weighted by atomic mass is 16.4. The second kappa shape index (κ2) is 34.1. The number of guanidine groups is 1. The number of benzene rings is 3. The van der Waals surface area contributed by atoms with Gasteiger partial charge in [0.15, 0.2) is 5.96 Å². The Balaban J connectivity index is 1.40. The molecular formula is C53H77N13O13. The van der Waals surface area contributed by atoms with Crippen molar-refractivity contribution in [2.45, 2.75) is 82.5 Å². The van der Waals surface area contributed by atoms with Crippen molar-refractivity contribution in [3.63, 3.8) is 0 Å². The minimum absolute atomic E-state index is 0.0148. The molecule has 432 valence electrons. The van der Waals surface area contributed by atoms with Gasteiger partial charge in [0.2, 0.25) is 35.4 Å². The molecule has 1 fully saturated rings. The number of aliphatic carboxylic acids is 3. The van der Waals surface area contributed by atoms with Crippen molar-refractivity contribution in [3.05, 3.63) is 77.9 Å². The van der Waals surface area contributed by atoms with Crippen LogP contribution in [0.25, 0.3) is 10.8 Å². The third-order valence-corrected chi connectivity index (χ3v) is 12.9. The van der Waals surface area contributed by atoms with Gasteiger partial charge in [0.1, 0.15) is 29.9 Å². The van der Waals surface area contributed by atoms with E-state index in [1.807, 2.05) is 42.5 Å². The maximum Gasteiger partial charge on any atom is 0.317 e. The van der Waals surface area contributed by atoms with Crippen LogP contribution < -0.4 is 48.7 Å². The number of hydrogen-bond acceptors (Lipinski definition) is 15. The number of carbonyl (C=O) groups is 9. The number of aromatic hydroxyl groups is 1. The number of carboxylic acid groups (broad SMARTS) is 3. The molecule has 0 spiro atoms. The smallest absolute Gasteiger partial charge is 0.317 e. The van der Waals surface area contributed by atoms with E-state index in [1.54, 1.807) is 21.9 Å². The fraction of sp³-hybridized carbons (Fsp3) is 0.509. The number of amides is 6. The van der Waals surface area contributed by atoms with E-state index in [1.165, 1.54) is 24.0 Å². The van der Waals surface area contributed by atoms with Gasteiger partial charge < -0.3 is 74.0 Å². The number of carbonyl (C=O) groups excluding carboxylic acids is 6. The molecule has 0 bridgehead atoms. The number of nitrogens with zero attached hydrogens (tertiary/aromatic N) is 4. The van der Waals surface area contributed by atoms with Crippen molar-refractivity contribution in [3.8, 4) is 5.75 Å². The minimum Gasteiger partial charge on any atom is -0.508 e. The number of aliphatic imine (C=N–C) groups is 1. The summed E-state index contributed by atoms with van der Waals surface area (Å²) in [6.07, 6.45) is 2.43. The number of unbranched alkanes of at least 4 members (excludes halogenated alkanes) is 3. The third kappa shape index (κ3) is 24.5. The van der Waals surface area contributed by atoms with E-state index in [9.17, 15) is 58.5 Å². The van der Waals surface area contributed by atoms with Crippen LogP contribution in [0.4, 0.5) is 0 Å². The molecule has 0 saturated carbocycles. The van der Waals surface area contributed by atoms with Crippen LogP contribution >= 0.6 is 0 Å². The summed E-state index contributed by atoms with van der Waals surface area (Å²) in [5.41, 5.74) is 12.4. The van der Waals surface area contributed by atoms with Crippen molar-refractivity contribution in [2.75, 3.05) is 91.6 Å². The summed E-state index contributed by atoms with van der Waals surface area (Å²) in [5, 5.41) is 58.9. The van der Waals surface area contributed by atoms with E-state index in [0.717, 1.165) is 16.3 Å². The summed E-state index contributed by atoms with van der Waals surface area (Å²) in [4.78, 5) is 126. The zero-order valence-corrected chi connectivity index (χ0v) is 44.6. The summed E-state index contributed by atoms with van der Waals surface area (Å²) in [6, 6.07) is 14.5. The zero-order chi connectivity index (χ0) is 57.7. The lowest BCUT2D eigenvalue weighted by atomic mass is 10.0.